The molecule has 4 saturated carbocycles. The molecule has 2 atom stereocenters. The number of fused-ring (bicyclic) bond motifs is 1. The Labute approximate surface area is 161 Å². The van der Waals surface area contributed by atoms with Crippen molar-refractivity contribution in [2.75, 3.05) is 0 Å². The normalized spacial score (nSPS) is 37.5. The van der Waals surface area contributed by atoms with Crippen LogP contribution < -0.4 is 10.6 Å². The first-order chi connectivity index (χ1) is 13.5. The van der Waals surface area contributed by atoms with Crippen LogP contribution in [0.25, 0.3) is 17.1 Å². The summed E-state index contributed by atoms with van der Waals surface area (Å²) in [6.07, 6.45) is 8.42. The lowest BCUT2D eigenvalue weighted by molar-refractivity contribution is -0.115. The summed E-state index contributed by atoms with van der Waals surface area (Å²) in [4.78, 5) is 24.2. The van der Waals surface area contributed by atoms with Crippen LogP contribution in [0.15, 0.2) is 35.2 Å². The minimum atomic E-state index is -1.04. The minimum Gasteiger partial charge on any atom is -0.350 e. The van der Waals surface area contributed by atoms with E-state index >= 15 is 4.39 Å². The van der Waals surface area contributed by atoms with Crippen LogP contribution in [0, 0.1) is 11.8 Å². The topological polar surface area (TPSA) is 82.2 Å². The summed E-state index contributed by atoms with van der Waals surface area (Å²) < 4.78 is 15.2. The van der Waals surface area contributed by atoms with E-state index in [1.165, 1.54) is 0 Å². The van der Waals surface area contributed by atoms with E-state index in [1.807, 2.05) is 18.2 Å². The molecule has 4 fully saturated rings. The summed E-state index contributed by atoms with van der Waals surface area (Å²) in [5, 5.41) is 6.27. The Morgan fingerprint density at radius 3 is 2.82 bits per heavy atom. The van der Waals surface area contributed by atoms with Gasteiger partial charge in [-0.25, -0.2) is 14.4 Å². The quantitative estimate of drug-likeness (QED) is 0.702. The van der Waals surface area contributed by atoms with Gasteiger partial charge in [0.25, 0.3) is 5.91 Å². The second kappa shape index (κ2) is 5.43. The second-order valence-electron chi connectivity index (χ2n) is 9.14. The number of hydrogen-bond acceptors (Lipinski definition) is 4. The van der Waals surface area contributed by atoms with E-state index in [4.69, 9.17) is 0 Å². The standard InChI is InChI=1S/C21H22FN5O/c22-20-6-13-3-14(7-20)9-21(8-13,10-20)27-19-25-17(18(28)26-19)5-12-1-2-15-16(4-12)24-11-23-15/h1-2,4-5,11,13-14H,3,6-10H2,(H,23,24)(H2,25,26,27,28)/b17-5-. The summed E-state index contributed by atoms with van der Waals surface area (Å²) in [6, 6.07) is 5.77. The SMILES string of the molecule is O=C1NC(NC23CC4CC(CC(F)(C4)C2)C3)=N/C1=C\c1ccc2[nH]cnc2c1. The first-order valence-corrected chi connectivity index (χ1v) is 10.00. The van der Waals surface area contributed by atoms with Gasteiger partial charge in [0.05, 0.1) is 17.4 Å². The molecule has 1 aromatic carbocycles. The monoisotopic (exact) mass is 379 g/mol. The highest BCUT2D eigenvalue weighted by molar-refractivity contribution is 6.14. The number of aromatic amines is 1. The van der Waals surface area contributed by atoms with Gasteiger partial charge in [0, 0.05) is 12.0 Å². The lowest BCUT2D eigenvalue weighted by atomic mass is 9.52. The van der Waals surface area contributed by atoms with Crippen molar-refractivity contribution in [3.8, 4) is 0 Å². The molecule has 2 aromatic rings. The average Bonchev–Trinajstić information content (AvgIpc) is 3.18. The number of carbonyl (C=O) groups is 1. The number of hydrogen-bond donors (Lipinski definition) is 3. The average molecular weight is 379 g/mol. The highest BCUT2D eigenvalue weighted by atomic mass is 19.1. The van der Waals surface area contributed by atoms with Crippen LogP contribution in [-0.4, -0.2) is 33.0 Å². The molecule has 28 heavy (non-hydrogen) atoms. The van der Waals surface area contributed by atoms with Crippen molar-refractivity contribution >= 4 is 29.0 Å². The molecule has 144 valence electrons. The number of halogens is 1. The highest BCUT2D eigenvalue weighted by Gasteiger charge is 2.58. The summed E-state index contributed by atoms with van der Waals surface area (Å²) in [7, 11) is 0. The van der Waals surface area contributed by atoms with Crippen molar-refractivity contribution in [1.29, 1.82) is 0 Å². The zero-order chi connectivity index (χ0) is 18.9. The molecule has 1 aliphatic heterocycles. The maximum atomic E-state index is 15.2. The Morgan fingerprint density at radius 1 is 1.21 bits per heavy atom. The van der Waals surface area contributed by atoms with Crippen molar-refractivity contribution in [3.63, 3.8) is 0 Å². The number of rotatable bonds is 2. The number of amides is 1. The molecule has 6 nitrogen and oxygen atoms in total. The van der Waals surface area contributed by atoms with Crippen LogP contribution in [0.4, 0.5) is 4.39 Å². The third-order valence-corrected chi connectivity index (χ3v) is 6.82. The largest absolute Gasteiger partial charge is 0.350 e. The molecule has 0 spiro atoms. The number of aliphatic imine (C=N–C) groups is 1. The number of imidazole rings is 1. The van der Waals surface area contributed by atoms with Crippen molar-refractivity contribution < 1.29 is 9.18 Å². The Kier molecular flexibility index (Phi) is 3.15. The number of H-pyrrole nitrogens is 1. The van der Waals surface area contributed by atoms with E-state index < -0.39 is 5.67 Å². The van der Waals surface area contributed by atoms with Gasteiger partial charge < -0.3 is 10.3 Å². The van der Waals surface area contributed by atoms with E-state index in [2.05, 4.69) is 25.6 Å². The number of aromatic nitrogens is 2. The Hall–Kier alpha value is -2.70. The van der Waals surface area contributed by atoms with Gasteiger partial charge >= 0.3 is 0 Å². The van der Waals surface area contributed by atoms with E-state index in [0.717, 1.165) is 35.9 Å². The molecule has 1 aromatic heterocycles. The molecule has 0 radical (unpaired) electrons. The van der Waals surface area contributed by atoms with Gasteiger partial charge in [0.2, 0.25) is 5.96 Å². The van der Waals surface area contributed by atoms with E-state index in [0.29, 0.717) is 42.8 Å². The molecule has 0 saturated heterocycles. The molecule has 4 aliphatic carbocycles. The Morgan fingerprint density at radius 2 is 2.04 bits per heavy atom. The predicted octanol–water partition coefficient (Wildman–Crippen LogP) is 3.04. The molecule has 7 heteroatoms. The van der Waals surface area contributed by atoms with Gasteiger partial charge in [-0.05, 0) is 67.7 Å². The van der Waals surface area contributed by atoms with Gasteiger partial charge in [0.15, 0.2) is 0 Å². The highest BCUT2D eigenvalue weighted by Crippen LogP contribution is 2.59. The van der Waals surface area contributed by atoms with Crippen LogP contribution in [0.2, 0.25) is 0 Å². The van der Waals surface area contributed by atoms with E-state index in [1.54, 1.807) is 12.4 Å². The van der Waals surface area contributed by atoms with Gasteiger partial charge in [-0.15, -0.1) is 0 Å². The number of guanidine groups is 1. The zero-order valence-electron chi connectivity index (χ0n) is 15.5. The molecule has 1 amide bonds. The molecule has 4 bridgehead atoms. The molecule has 2 unspecified atom stereocenters. The lowest BCUT2D eigenvalue weighted by Gasteiger charge is -2.59. The molecular formula is C21H22FN5O. The fourth-order valence-corrected chi connectivity index (χ4v) is 6.27. The third-order valence-electron chi connectivity index (χ3n) is 6.82. The smallest absolute Gasteiger partial charge is 0.276 e. The molecular weight excluding hydrogens is 357 g/mol. The minimum absolute atomic E-state index is 0.232. The van der Waals surface area contributed by atoms with Crippen LogP contribution in [-0.2, 0) is 4.79 Å². The summed E-state index contributed by atoms with van der Waals surface area (Å²) in [6.45, 7) is 0. The van der Waals surface area contributed by atoms with Crippen LogP contribution >= 0.6 is 0 Å². The molecule has 3 N–H and O–H groups in total. The molecule has 5 aliphatic rings. The number of benzene rings is 1. The fraction of sp³-hybridized carbons (Fsp3) is 0.476. The molecule has 7 rings (SSSR count). The maximum Gasteiger partial charge on any atom is 0.276 e. The summed E-state index contributed by atoms with van der Waals surface area (Å²) in [5.74, 6) is 1.13. The third kappa shape index (κ3) is 2.56. The first kappa shape index (κ1) is 16.3. The second-order valence-corrected chi connectivity index (χ2v) is 9.14. The molecule has 2 heterocycles. The predicted molar refractivity (Wildman–Crippen MR) is 104 cm³/mol. The van der Waals surface area contributed by atoms with Crippen LogP contribution in [0.3, 0.4) is 0 Å². The van der Waals surface area contributed by atoms with Crippen molar-refractivity contribution in [1.82, 2.24) is 20.6 Å². The van der Waals surface area contributed by atoms with Crippen molar-refractivity contribution in [2.24, 2.45) is 16.8 Å². The lowest BCUT2D eigenvalue weighted by Crippen LogP contribution is -2.65. The van der Waals surface area contributed by atoms with Crippen LogP contribution in [0.5, 0.6) is 0 Å². The van der Waals surface area contributed by atoms with Gasteiger partial charge in [0.1, 0.15) is 11.4 Å². The van der Waals surface area contributed by atoms with Crippen molar-refractivity contribution in [3.05, 3.63) is 35.8 Å². The van der Waals surface area contributed by atoms with Gasteiger partial charge in [-0.1, -0.05) is 6.07 Å². The zero-order valence-corrected chi connectivity index (χ0v) is 15.5. The number of carbonyl (C=O) groups excluding carboxylic acids is 1. The maximum absolute atomic E-state index is 15.2. The summed E-state index contributed by atoms with van der Waals surface area (Å²) in [5.41, 5.74) is 1.71. The van der Waals surface area contributed by atoms with Crippen molar-refractivity contribution in [2.45, 2.75) is 49.7 Å². The Bertz CT molecular complexity index is 1040. The van der Waals surface area contributed by atoms with Gasteiger partial charge in [-0.3, -0.25) is 10.1 Å². The number of nitrogens with zero attached hydrogens (tertiary/aromatic N) is 2. The van der Waals surface area contributed by atoms with E-state index in [-0.39, 0.29) is 11.4 Å². The van der Waals surface area contributed by atoms with Crippen LogP contribution in [0.1, 0.15) is 44.1 Å². The first-order valence-electron chi connectivity index (χ1n) is 10.00. The number of alkyl halides is 1. The van der Waals surface area contributed by atoms with Gasteiger partial charge in [-0.2, -0.15) is 0 Å². The Balaban J connectivity index is 1.27. The summed E-state index contributed by atoms with van der Waals surface area (Å²) >= 11 is 0. The number of nitrogens with one attached hydrogen (secondary N) is 3. The fourth-order valence-electron chi connectivity index (χ4n) is 6.27. The van der Waals surface area contributed by atoms with E-state index in [9.17, 15) is 4.79 Å².